The second kappa shape index (κ2) is 14.0. The summed E-state index contributed by atoms with van der Waals surface area (Å²) in [6, 6.07) is 92.4. The van der Waals surface area contributed by atoms with Gasteiger partial charge < -0.3 is 8.80 Å². The molecule has 0 amide bonds. The van der Waals surface area contributed by atoms with Crippen LogP contribution in [0.4, 0.5) is 0 Å². The van der Waals surface area contributed by atoms with Crippen LogP contribution in [0.2, 0.25) is 0 Å². The van der Waals surface area contributed by atoms with Crippen molar-refractivity contribution in [2.45, 2.75) is 0 Å². The van der Waals surface area contributed by atoms with Crippen LogP contribution in [0.1, 0.15) is 0 Å². The zero-order valence-corrected chi connectivity index (χ0v) is 41.0. The van der Waals surface area contributed by atoms with Crippen molar-refractivity contribution in [3.8, 4) is 89.0 Å². The summed E-state index contributed by atoms with van der Waals surface area (Å²) in [5.41, 5.74) is 27.6. The third-order valence-electron chi connectivity index (χ3n) is 17.8. The van der Waals surface area contributed by atoms with Crippen molar-refractivity contribution >= 4 is 97.7 Å². The summed E-state index contributed by atoms with van der Waals surface area (Å²) in [5.74, 6) is 0. The van der Waals surface area contributed by atoms with Crippen LogP contribution in [0.5, 0.6) is 0 Å². The van der Waals surface area contributed by atoms with Gasteiger partial charge in [-0.15, -0.1) is 0 Å². The largest absolute Gasteiger partial charge is 0.308 e. The van der Waals surface area contributed by atoms with Gasteiger partial charge in [-0.1, -0.05) is 194 Å². The Bertz CT molecular complexity index is 5130. The molecular formula is C74H40N2. The van der Waals surface area contributed by atoms with Crippen molar-refractivity contribution in [2.75, 3.05) is 0 Å². The maximum Gasteiger partial charge on any atom is 0.0634 e. The maximum absolute atomic E-state index is 2.66. The third kappa shape index (κ3) is 4.80. The summed E-state index contributed by atoms with van der Waals surface area (Å²) in [5, 5.41) is 15.4. The fourth-order valence-corrected chi connectivity index (χ4v) is 14.7. The van der Waals surface area contributed by atoms with Gasteiger partial charge in [0.1, 0.15) is 0 Å². The van der Waals surface area contributed by atoms with Gasteiger partial charge in [0.15, 0.2) is 0 Å². The van der Waals surface area contributed by atoms with Gasteiger partial charge in [0.05, 0.1) is 33.1 Å². The molecule has 0 saturated carbocycles. The van der Waals surface area contributed by atoms with E-state index >= 15 is 0 Å². The molecule has 2 nitrogen and oxygen atoms in total. The van der Waals surface area contributed by atoms with E-state index in [-0.39, 0.29) is 0 Å². The highest BCUT2D eigenvalue weighted by Crippen LogP contribution is 2.57. The molecule has 0 unspecified atom stereocenters. The van der Waals surface area contributed by atoms with Crippen molar-refractivity contribution < 1.29 is 0 Å². The predicted molar refractivity (Wildman–Crippen MR) is 321 cm³/mol. The molecule has 76 heavy (non-hydrogen) atoms. The van der Waals surface area contributed by atoms with Crippen LogP contribution in [0.25, 0.3) is 187 Å². The Kier molecular flexibility index (Phi) is 7.26. The molecule has 0 atom stereocenters. The topological polar surface area (TPSA) is 8.82 Å². The van der Waals surface area contributed by atoms with Gasteiger partial charge in [-0.3, -0.25) is 0 Å². The van der Waals surface area contributed by atoms with E-state index in [9.17, 15) is 0 Å². The molecule has 13 aromatic carbocycles. The molecule has 4 aromatic heterocycles. The van der Waals surface area contributed by atoms with Crippen LogP contribution in [0.3, 0.4) is 0 Å². The SMILES string of the molecule is c1ccc2c(c1)-c1ccccc1-c1cc3c4c5c6cc7ccccc7cc6n6c7cc8c(cc7c(c7c9cc%10ccccc%10cc9n(c3cc1-c1ccccc1-2)c47)c56)-c1ccccc1-c1ccccc1-c1ccccc1-8. The van der Waals surface area contributed by atoms with Crippen molar-refractivity contribution in [3.05, 3.63) is 243 Å². The quantitative estimate of drug-likeness (QED) is 0.143. The fraction of sp³-hybridized carbons (Fsp3) is 0. The molecular weight excluding hydrogens is 917 g/mol. The number of aromatic nitrogens is 2. The van der Waals surface area contributed by atoms with Gasteiger partial charge in [0, 0.05) is 43.1 Å². The molecule has 0 fully saturated rings. The second-order valence-electron chi connectivity index (χ2n) is 21.4. The summed E-state index contributed by atoms with van der Waals surface area (Å²) in [6.45, 7) is 0. The highest BCUT2D eigenvalue weighted by molar-refractivity contribution is 6.46. The molecule has 2 aliphatic rings. The number of fused-ring (bicyclic) bond motifs is 32. The first-order valence-electron chi connectivity index (χ1n) is 26.6. The molecule has 0 saturated heterocycles. The average Bonchev–Trinajstić information content (AvgIpc) is 4.28. The minimum atomic E-state index is 1.23. The van der Waals surface area contributed by atoms with E-state index < -0.39 is 0 Å². The molecule has 0 N–H and O–H groups in total. The van der Waals surface area contributed by atoms with E-state index in [1.165, 1.54) is 187 Å². The summed E-state index contributed by atoms with van der Waals surface area (Å²) < 4.78 is 5.33. The van der Waals surface area contributed by atoms with E-state index in [4.69, 9.17) is 0 Å². The van der Waals surface area contributed by atoms with Crippen LogP contribution >= 0.6 is 0 Å². The van der Waals surface area contributed by atoms with Crippen LogP contribution in [0.15, 0.2) is 243 Å². The molecule has 0 spiro atoms. The minimum Gasteiger partial charge on any atom is -0.308 e. The number of hydrogen-bond donors (Lipinski definition) is 0. The Hall–Kier alpha value is -10.0. The normalized spacial score (nSPS) is 12.7. The molecule has 19 rings (SSSR count). The molecule has 4 heterocycles. The van der Waals surface area contributed by atoms with Gasteiger partial charge in [-0.05, 0) is 159 Å². The standard InChI is InChI=1S/C74H40N2/c1-3-19-43-35-65-61(33-41(43)17-1)69-71-63-37-57-53-29-13-9-25-49(53)45-21-5-8-24-48(45)52-28-12-16-32-56(52)60(57)40-68(63)76-66-36-44-20-4-2-18-42(44)34-62(66)70(74(71)76)72-64-38-58-54-30-14-10-26-50(54)46-22-6-7-23-47(46)51-27-11-15-31-55(51)59(58)39-67(64)75(65)73(69)72/h1-40H. The number of hydrogen-bond acceptors (Lipinski definition) is 0. The maximum atomic E-state index is 2.66. The fourth-order valence-electron chi connectivity index (χ4n) is 14.7. The second-order valence-corrected chi connectivity index (χ2v) is 21.4. The number of rotatable bonds is 0. The molecule has 346 valence electrons. The summed E-state index contributed by atoms with van der Waals surface area (Å²) in [7, 11) is 0. The van der Waals surface area contributed by atoms with Gasteiger partial charge >= 0.3 is 0 Å². The molecule has 17 aromatic rings. The zero-order chi connectivity index (χ0) is 49.1. The first-order chi connectivity index (χ1) is 37.7. The van der Waals surface area contributed by atoms with Gasteiger partial charge in [-0.25, -0.2) is 0 Å². The summed E-state index contributed by atoms with van der Waals surface area (Å²) in [4.78, 5) is 0. The number of benzene rings is 13. The Morgan fingerprint density at radius 2 is 0.368 bits per heavy atom. The predicted octanol–water partition coefficient (Wildman–Crippen LogP) is 20.3. The van der Waals surface area contributed by atoms with Crippen LogP contribution in [-0.4, -0.2) is 8.80 Å². The minimum absolute atomic E-state index is 1.23. The van der Waals surface area contributed by atoms with Crippen molar-refractivity contribution in [1.82, 2.24) is 8.80 Å². The Morgan fingerprint density at radius 3 is 0.645 bits per heavy atom. The van der Waals surface area contributed by atoms with Gasteiger partial charge in [-0.2, -0.15) is 0 Å². The number of nitrogens with zero attached hydrogens (tertiary/aromatic N) is 2. The van der Waals surface area contributed by atoms with E-state index in [2.05, 4.69) is 251 Å². The van der Waals surface area contributed by atoms with Crippen molar-refractivity contribution in [3.63, 3.8) is 0 Å². The molecule has 2 aliphatic carbocycles. The highest BCUT2D eigenvalue weighted by atomic mass is 14.9. The van der Waals surface area contributed by atoms with Crippen LogP contribution in [0, 0.1) is 0 Å². The lowest BCUT2D eigenvalue weighted by atomic mass is 9.80. The van der Waals surface area contributed by atoms with Gasteiger partial charge in [0.2, 0.25) is 0 Å². The average molecular weight is 957 g/mol. The highest BCUT2D eigenvalue weighted by Gasteiger charge is 2.33. The lowest BCUT2D eigenvalue weighted by Gasteiger charge is -2.23. The summed E-state index contributed by atoms with van der Waals surface area (Å²) in [6.07, 6.45) is 0. The van der Waals surface area contributed by atoms with Crippen LogP contribution < -0.4 is 0 Å². The first-order valence-corrected chi connectivity index (χ1v) is 26.6. The Balaban J connectivity index is 1.08. The molecule has 2 heteroatoms. The first kappa shape index (κ1) is 39.5. The monoisotopic (exact) mass is 956 g/mol. The van der Waals surface area contributed by atoms with E-state index in [1.54, 1.807) is 0 Å². The summed E-state index contributed by atoms with van der Waals surface area (Å²) >= 11 is 0. The van der Waals surface area contributed by atoms with Gasteiger partial charge in [0.25, 0.3) is 0 Å². The van der Waals surface area contributed by atoms with Crippen LogP contribution in [-0.2, 0) is 0 Å². The van der Waals surface area contributed by atoms with Crippen molar-refractivity contribution in [2.24, 2.45) is 0 Å². The Morgan fingerprint density at radius 1 is 0.171 bits per heavy atom. The lowest BCUT2D eigenvalue weighted by molar-refractivity contribution is 1.37. The molecule has 0 radical (unpaired) electrons. The molecule has 0 aliphatic heterocycles. The lowest BCUT2D eigenvalue weighted by Crippen LogP contribution is -1.97. The van der Waals surface area contributed by atoms with E-state index in [0.29, 0.717) is 0 Å². The third-order valence-corrected chi connectivity index (χ3v) is 17.8. The Labute approximate surface area is 435 Å². The van der Waals surface area contributed by atoms with E-state index in [0.717, 1.165) is 0 Å². The van der Waals surface area contributed by atoms with Crippen molar-refractivity contribution in [1.29, 1.82) is 0 Å². The molecule has 0 bridgehead atoms. The zero-order valence-electron chi connectivity index (χ0n) is 41.0. The smallest absolute Gasteiger partial charge is 0.0634 e. The van der Waals surface area contributed by atoms with E-state index in [1.807, 2.05) is 0 Å².